The number of carboxylic acid groups (broad SMARTS) is 1. The van der Waals surface area contributed by atoms with E-state index < -0.39 is 205 Å². The molecule has 0 radical (unpaired) electrons. The summed E-state index contributed by atoms with van der Waals surface area (Å²) >= 11 is 0. The lowest BCUT2D eigenvalue weighted by Crippen LogP contribution is -2.61. The number of benzene rings is 3. The molecule has 3 aromatic carbocycles. The molecule has 41 nitrogen and oxygen atoms in total. The lowest BCUT2D eigenvalue weighted by atomic mass is 9.96. The Morgan fingerprint density at radius 3 is 1.15 bits per heavy atom. The summed E-state index contributed by atoms with van der Waals surface area (Å²) in [6.07, 6.45) is -0.767. The Hall–Kier alpha value is -12.4. The van der Waals surface area contributed by atoms with E-state index in [9.17, 15) is 81.8 Å². The van der Waals surface area contributed by atoms with E-state index >= 15 is 0 Å². The number of primary amides is 2. The Morgan fingerprint density at radius 2 is 0.731 bits per heavy atom. The van der Waals surface area contributed by atoms with Crippen molar-refractivity contribution in [1.82, 2.24) is 79.8 Å². The molecule has 41 heteroatoms. The second kappa shape index (κ2) is 54.5. The van der Waals surface area contributed by atoms with Crippen LogP contribution in [0.1, 0.15) is 141 Å². The molecular weight excluding hydrogens is 1550 g/mol. The molecule has 0 aliphatic heterocycles. The zero-order chi connectivity index (χ0) is 88.7. The van der Waals surface area contributed by atoms with E-state index in [1.165, 1.54) is 6.92 Å². The summed E-state index contributed by atoms with van der Waals surface area (Å²) in [5, 5.41) is 63.3. The molecule has 0 saturated carbocycles. The first-order valence-corrected chi connectivity index (χ1v) is 39.6. The van der Waals surface area contributed by atoms with E-state index in [4.69, 9.17) is 51.0 Å². The van der Waals surface area contributed by atoms with Crippen molar-refractivity contribution in [2.24, 2.45) is 52.0 Å². The zero-order valence-electron chi connectivity index (χ0n) is 68.0. The summed E-state index contributed by atoms with van der Waals surface area (Å²) in [6.45, 7) is 7.03. The van der Waals surface area contributed by atoms with Gasteiger partial charge in [0.05, 0.1) is 32.0 Å². The summed E-state index contributed by atoms with van der Waals surface area (Å²) in [5.41, 5.74) is 41.5. The van der Waals surface area contributed by atoms with E-state index in [2.05, 4.69) is 79.8 Å². The van der Waals surface area contributed by atoms with Gasteiger partial charge in [0.1, 0.15) is 66.5 Å². The minimum absolute atomic E-state index is 0.0358. The van der Waals surface area contributed by atoms with Gasteiger partial charge in [-0.25, -0.2) is 0 Å². The van der Waals surface area contributed by atoms with Crippen LogP contribution in [0.25, 0.3) is 0 Å². The van der Waals surface area contributed by atoms with E-state index in [-0.39, 0.29) is 122 Å². The van der Waals surface area contributed by atoms with Crippen LogP contribution in [0.2, 0.25) is 0 Å². The van der Waals surface area contributed by atoms with E-state index in [0.717, 1.165) is 0 Å². The lowest BCUT2D eigenvalue weighted by molar-refractivity contribution is -0.141. The fourth-order valence-electron chi connectivity index (χ4n) is 12.1. The maximum absolute atomic E-state index is 14.6. The van der Waals surface area contributed by atoms with Crippen molar-refractivity contribution < 1.29 is 81.8 Å². The number of nitrogens with two attached hydrogens (primary N) is 7. The largest absolute Gasteiger partial charge is 0.481 e. The molecule has 32 N–H and O–H groups in total. The van der Waals surface area contributed by atoms with Crippen molar-refractivity contribution >= 4 is 106 Å². The SMILES string of the molecule is CC[C@H](C)[C@H](NC(=O)[C@H](CCCCN)NC(=O)[C@H](CC(=O)O)NC(=O)CNC(=O)[C@H](C)NC(=O)[C@H](CCCCN)NC(=O)[C@H](CC(C)C)NC(=O)[C@H](CCCNC(=N)N)NC(=O)[C@H](Cc1ccccc1)NC(=O)[C@H](CC(N)=O)NC(=O)[C@@H](N)Cc1ccccc1)C(=O)N[C@@H](CCCNC(=N)N)C(=O)N[C@@H](Cc1ccccc1)C(=O)NCC(N)=O. The summed E-state index contributed by atoms with van der Waals surface area (Å²) in [4.78, 5) is 220. The highest BCUT2D eigenvalue weighted by Crippen LogP contribution is 2.16. The fraction of sp³-hybridized carbons (Fsp3) is 0.538. The van der Waals surface area contributed by atoms with E-state index in [1.54, 1.807) is 119 Å². The van der Waals surface area contributed by atoms with Gasteiger partial charge in [-0.2, -0.15) is 0 Å². The summed E-state index contributed by atoms with van der Waals surface area (Å²) < 4.78 is 0. The third-order valence-electron chi connectivity index (χ3n) is 18.7. The summed E-state index contributed by atoms with van der Waals surface area (Å²) in [6, 6.07) is 8.15. The maximum atomic E-state index is 14.6. The molecule has 0 bridgehead atoms. The topological polar surface area (TPSA) is 704 Å². The molecular formula is C78H122N24O17. The molecule has 3 aromatic rings. The first kappa shape index (κ1) is 101. The highest BCUT2D eigenvalue weighted by molar-refractivity contribution is 6.01. The van der Waals surface area contributed by atoms with Crippen LogP contribution in [0.4, 0.5) is 0 Å². The van der Waals surface area contributed by atoms with Crippen LogP contribution < -0.4 is 120 Å². The second-order valence-electron chi connectivity index (χ2n) is 29.2. The number of hydrogen-bond acceptors (Lipinski definition) is 21. The summed E-state index contributed by atoms with van der Waals surface area (Å²) in [7, 11) is 0. The molecule has 3 rings (SSSR count). The zero-order valence-corrected chi connectivity index (χ0v) is 68.0. The number of carbonyl (C=O) groups is 16. The Morgan fingerprint density at radius 1 is 0.370 bits per heavy atom. The van der Waals surface area contributed by atoms with Gasteiger partial charge in [0.25, 0.3) is 0 Å². The van der Waals surface area contributed by atoms with Crippen LogP contribution >= 0.6 is 0 Å². The average molecular weight is 1670 g/mol. The Kier molecular flexibility index (Phi) is 46.2. The quantitative estimate of drug-likeness (QED) is 0.0142. The number of aliphatic carboxylic acids is 1. The number of unbranched alkanes of at least 4 members (excludes halogenated alkanes) is 2. The van der Waals surface area contributed by atoms with Gasteiger partial charge in [0.15, 0.2) is 11.9 Å². The molecule has 13 atom stereocenters. The number of amides is 15. The standard InChI is InChI=1S/C78H122N24O17/c1-6-45(4)64(76(119)97-54(31-21-35-89-78(86)87)70(113)100-56(67(110)90-42-61(83)104)38-48-24-12-8-13-25-48)102-71(114)52(29-17-19-33-80)95-75(118)59(41-63(106)107)93-62(105)43-91-65(108)46(5)92-68(111)51(28-16-18-32-79)94-72(115)55(36-44(2)3)99-69(112)53(30-20-34-88-77(84)85)96-73(116)57(39-49-26-14-9-15-27-49)101-74(117)58(40-60(82)103)98-66(109)50(81)37-47-22-10-7-11-23-47/h7-15,22-27,44-46,50-59,64H,6,16-21,28-43,79-81H2,1-5H3,(H2,82,103)(H2,83,104)(H,90,110)(H,91,108)(H,92,111)(H,93,105)(H,94,115)(H,95,118)(H,96,116)(H,97,119)(H,98,109)(H,99,112)(H,100,113)(H,101,117)(H,102,114)(H,106,107)(H4,84,85,88)(H4,86,87,89)/t45-,46-,50-,51-,52-,53-,54-,55-,56-,57-,58-,59-,64-/m0/s1. The van der Waals surface area contributed by atoms with Crippen LogP contribution in [0.5, 0.6) is 0 Å². The molecule has 0 spiro atoms. The number of nitrogens with one attached hydrogen (secondary N) is 17. The molecule has 0 unspecified atom stereocenters. The molecule has 0 aliphatic carbocycles. The van der Waals surface area contributed by atoms with Crippen LogP contribution in [0, 0.1) is 22.7 Å². The minimum atomic E-state index is -1.90. The smallest absolute Gasteiger partial charge is 0.305 e. The first-order chi connectivity index (χ1) is 56.4. The van der Waals surface area contributed by atoms with Crippen molar-refractivity contribution in [2.45, 2.75) is 216 Å². The molecule has 0 saturated heterocycles. The number of guanidine groups is 2. The van der Waals surface area contributed by atoms with E-state index in [0.29, 0.717) is 29.5 Å². The molecule has 0 heterocycles. The van der Waals surface area contributed by atoms with Gasteiger partial charge in [-0.3, -0.25) is 87.5 Å². The molecule has 119 heavy (non-hydrogen) atoms. The second-order valence-corrected chi connectivity index (χ2v) is 29.2. The molecule has 0 aliphatic rings. The van der Waals surface area contributed by atoms with Gasteiger partial charge >= 0.3 is 5.97 Å². The van der Waals surface area contributed by atoms with Crippen molar-refractivity contribution in [1.29, 1.82) is 10.8 Å². The predicted molar refractivity (Wildman–Crippen MR) is 440 cm³/mol. The fourth-order valence-corrected chi connectivity index (χ4v) is 12.1. The van der Waals surface area contributed by atoms with Crippen molar-refractivity contribution in [2.75, 3.05) is 39.3 Å². The average Bonchev–Trinajstić information content (AvgIpc) is 0.851. The van der Waals surface area contributed by atoms with Crippen LogP contribution in [-0.2, 0) is 96.0 Å². The minimum Gasteiger partial charge on any atom is -0.481 e. The van der Waals surface area contributed by atoms with Gasteiger partial charge < -0.3 is 125 Å². The first-order valence-electron chi connectivity index (χ1n) is 39.6. The van der Waals surface area contributed by atoms with Gasteiger partial charge in [-0.1, -0.05) is 125 Å². The summed E-state index contributed by atoms with van der Waals surface area (Å²) in [5.74, 6) is -17.3. The van der Waals surface area contributed by atoms with Crippen molar-refractivity contribution in [3.63, 3.8) is 0 Å². The molecule has 15 amide bonds. The number of carbonyl (C=O) groups excluding carboxylic acids is 15. The van der Waals surface area contributed by atoms with Crippen molar-refractivity contribution in [3.8, 4) is 0 Å². The van der Waals surface area contributed by atoms with Gasteiger partial charge in [0, 0.05) is 25.9 Å². The monoisotopic (exact) mass is 1670 g/mol. The predicted octanol–water partition coefficient (Wildman–Crippen LogP) is -5.66. The Balaban J connectivity index is 1.85. The number of carboxylic acids is 1. The molecule has 656 valence electrons. The lowest BCUT2D eigenvalue weighted by Gasteiger charge is -2.29. The van der Waals surface area contributed by atoms with Crippen LogP contribution in [-0.4, -0.2) is 223 Å². The maximum Gasteiger partial charge on any atom is 0.305 e. The van der Waals surface area contributed by atoms with Crippen LogP contribution in [0.3, 0.4) is 0 Å². The molecule has 0 fully saturated rings. The van der Waals surface area contributed by atoms with Gasteiger partial charge in [-0.05, 0) is 126 Å². The van der Waals surface area contributed by atoms with Crippen molar-refractivity contribution in [3.05, 3.63) is 108 Å². The third-order valence-corrected chi connectivity index (χ3v) is 18.7. The highest BCUT2D eigenvalue weighted by atomic mass is 16.4. The normalized spacial score (nSPS) is 14.2. The third kappa shape index (κ3) is 40.3. The van der Waals surface area contributed by atoms with Gasteiger partial charge in [-0.15, -0.1) is 0 Å². The number of hydrogen-bond donors (Lipinski definition) is 25. The van der Waals surface area contributed by atoms with Crippen LogP contribution in [0.15, 0.2) is 91.0 Å². The van der Waals surface area contributed by atoms with E-state index in [1.807, 2.05) is 0 Å². The highest BCUT2D eigenvalue weighted by Gasteiger charge is 2.38. The molecule has 0 aromatic heterocycles. The Bertz CT molecular complexity index is 3870. The number of rotatable bonds is 57. The van der Waals surface area contributed by atoms with Gasteiger partial charge in [0.2, 0.25) is 88.6 Å². The Labute approximate surface area is 691 Å².